The Morgan fingerprint density at radius 1 is 1.26 bits per heavy atom. The SMILES string of the molecule is COc1ccc([C@H](C[N+](=O)[O-])Sc2nnc(C)n2-c2ccccc2)cc1Br. The van der Waals surface area contributed by atoms with Crippen LogP contribution in [0.1, 0.15) is 16.6 Å². The molecule has 0 aliphatic rings. The van der Waals surface area contributed by atoms with E-state index in [-0.39, 0.29) is 11.5 Å². The number of rotatable bonds is 7. The fourth-order valence-electron chi connectivity index (χ4n) is 2.65. The number of methoxy groups -OCH3 is 1. The van der Waals surface area contributed by atoms with Gasteiger partial charge >= 0.3 is 0 Å². The van der Waals surface area contributed by atoms with E-state index in [0.717, 1.165) is 21.5 Å². The van der Waals surface area contributed by atoms with Crippen molar-refractivity contribution < 1.29 is 9.66 Å². The van der Waals surface area contributed by atoms with Crippen molar-refractivity contribution in [2.24, 2.45) is 0 Å². The zero-order chi connectivity index (χ0) is 19.4. The Labute approximate surface area is 169 Å². The summed E-state index contributed by atoms with van der Waals surface area (Å²) in [6.07, 6.45) is 0. The first-order chi connectivity index (χ1) is 13.0. The number of benzene rings is 2. The van der Waals surface area contributed by atoms with E-state index in [1.807, 2.05) is 54.0 Å². The molecule has 140 valence electrons. The molecule has 0 saturated heterocycles. The summed E-state index contributed by atoms with van der Waals surface area (Å²) in [5.74, 6) is 1.39. The normalized spacial score (nSPS) is 12.0. The molecule has 0 aliphatic heterocycles. The smallest absolute Gasteiger partial charge is 0.220 e. The van der Waals surface area contributed by atoms with E-state index in [2.05, 4.69) is 26.1 Å². The Kier molecular flexibility index (Phi) is 6.12. The molecule has 0 N–H and O–H groups in total. The lowest BCUT2D eigenvalue weighted by atomic mass is 10.1. The molecule has 3 rings (SSSR count). The maximum atomic E-state index is 11.3. The Balaban J connectivity index is 1.97. The van der Waals surface area contributed by atoms with Gasteiger partial charge in [0.25, 0.3) is 0 Å². The Bertz CT molecular complexity index is 949. The number of ether oxygens (including phenoxy) is 1. The highest BCUT2D eigenvalue weighted by molar-refractivity contribution is 9.10. The van der Waals surface area contributed by atoms with Crippen LogP contribution < -0.4 is 4.74 Å². The molecule has 3 aromatic rings. The summed E-state index contributed by atoms with van der Waals surface area (Å²) >= 11 is 4.77. The fraction of sp³-hybridized carbons (Fsp3) is 0.222. The van der Waals surface area contributed by atoms with Crippen LogP contribution in [0, 0.1) is 17.0 Å². The number of aromatic nitrogens is 3. The van der Waals surface area contributed by atoms with E-state index >= 15 is 0 Å². The molecular formula is C18H17BrN4O3S. The van der Waals surface area contributed by atoms with Gasteiger partial charge in [-0.1, -0.05) is 36.0 Å². The number of halogens is 1. The molecule has 2 aromatic carbocycles. The van der Waals surface area contributed by atoms with Crippen LogP contribution in [0.3, 0.4) is 0 Å². The second-order valence-electron chi connectivity index (χ2n) is 5.72. The van der Waals surface area contributed by atoms with E-state index in [9.17, 15) is 10.1 Å². The number of aryl methyl sites for hydroxylation is 1. The van der Waals surface area contributed by atoms with Gasteiger partial charge in [-0.3, -0.25) is 14.7 Å². The average molecular weight is 449 g/mol. The minimum absolute atomic E-state index is 0.232. The fourth-order valence-corrected chi connectivity index (χ4v) is 4.37. The maximum absolute atomic E-state index is 11.3. The molecular weight excluding hydrogens is 432 g/mol. The molecule has 0 saturated carbocycles. The van der Waals surface area contributed by atoms with Crippen molar-refractivity contribution in [2.75, 3.05) is 13.7 Å². The number of thioether (sulfide) groups is 1. The van der Waals surface area contributed by atoms with Gasteiger partial charge in [0.1, 0.15) is 16.8 Å². The van der Waals surface area contributed by atoms with Crippen LogP contribution >= 0.6 is 27.7 Å². The third-order valence-electron chi connectivity index (χ3n) is 3.92. The summed E-state index contributed by atoms with van der Waals surface area (Å²) in [6, 6.07) is 15.2. The number of nitrogens with zero attached hydrogens (tertiary/aromatic N) is 4. The van der Waals surface area contributed by atoms with Gasteiger partial charge in [0.2, 0.25) is 6.54 Å². The molecule has 1 aromatic heterocycles. The van der Waals surface area contributed by atoms with Gasteiger partial charge < -0.3 is 4.74 Å². The van der Waals surface area contributed by atoms with Crippen molar-refractivity contribution in [1.29, 1.82) is 0 Å². The largest absolute Gasteiger partial charge is 0.496 e. The standard InChI is InChI=1S/C18H17BrN4O3S/c1-12-20-21-18(23(12)14-6-4-3-5-7-14)27-17(11-22(24)25)13-8-9-16(26-2)15(19)10-13/h3-10,17H,11H2,1-2H3/t17-/m0/s1. The van der Waals surface area contributed by atoms with Crippen LogP contribution in [0.15, 0.2) is 58.2 Å². The zero-order valence-corrected chi connectivity index (χ0v) is 17.1. The monoisotopic (exact) mass is 448 g/mol. The minimum atomic E-state index is -0.423. The highest BCUT2D eigenvalue weighted by Gasteiger charge is 2.24. The van der Waals surface area contributed by atoms with Crippen molar-refractivity contribution in [3.63, 3.8) is 0 Å². The highest BCUT2D eigenvalue weighted by atomic mass is 79.9. The van der Waals surface area contributed by atoms with Gasteiger partial charge in [0.05, 0.1) is 11.6 Å². The third kappa shape index (κ3) is 4.48. The van der Waals surface area contributed by atoms with E-state index in [1.165, 1.54) is 11.8 Å². The van der Waals surface area contributed by atoms with E-state index in [0.29, 0.717) is 10.9 Å². The molecule has 0 amide bonds. The average Bonchev–Trinajstić information content (AvgIpc) is 3.01. The molecule has 1 atom stereocenters. The first kappa shape index (κ1) is 19.4. The number of hydrogen-bond acceptors (Lipinski definition) is 6. The van der Waals surface area contributed by atoms with Crippen molar-refractivity contribution >= 4 is 27.7 Å². The van der Waals surface area contributed by atoms with Crippen molar-refractivity contribution in [3.05, 3.63) is 74.5 Å². The van der Waals surface area contributed by atoms with Crippen LogP contribution in [-0.2, 0) is 0 Å². The maximum Gasteiger partial charge on any atom is 0.220 e. The van der Waals surface area contributed by atoms with E-state index in [4.69, 9.17) is 4.74 Å². The third-order valence-corrected chi connectivity index (χ3v) is 5.72. The predicted octanol–water partition coefficient (Wildman–Crippen LogP) is 4.46. The molecule has 1 heterocycles. The lowest BCUT2D eigenvalue weighted by Crippen LogP contribution is -2.11. The molecule has 27 heavy (non-hydrogen) atoms. The number of nitro groups is 1. The van der Waals surface area contributed by atoms with Gasteiger partial charge in [-0.15, -0.1) is 10.2 Å². The zero-order valence-electron chi connectivity index (χ0n) is 14.7. The van der Waals surface area contributed by atoms with Crippen molar-refractivity contribution in [2.45, 2.75) is 17.3 Å². The van der Waals surface area contributed by atoms with Gasteiger partial charge in [0.15, 0.2) is 5.16 Å². The van der Waals surface area contributed by atoms with E-state index in [1.54, 1.807) is 13.2 Å². The first-order valence-electron chi connectivity index (χ1n) is 8.09. The van der Waals surface area contributed by atoms with Gasteiger partial charge in [-0.05, 0) is 52.7 Å². The Hall–Kier alpha value is -2.39. The molecule has 0 fully saturated rings. The van der Waals surface area contributed by atoms with Gasteiger partial charge in [0, 0.05) is 10.6 Å². The first-order valence-corrected chi connectivity index (χ1v) is 9.76. The Morgan fingerprint density at radius 2 is 2.00 bits per heavy atom. The predicted molar refractivity (Wildman–Crippen MR) is 107 cm³/mol. The van der Waals surface area contributed by atoms with Crippen LogP contribution in [0.2, 0.25) is 0 Å². The summed E-state index contributed by atoms with van der Waals surface area (Å²) in [5, 5.41) is 19.8. The lowest BCUT2D eigenvalue weighted by molar-refractivity contribution is -0.479. The summed E-state index contributed by atoms with van der Waals surface area (Å²) < 4.78 is 7.89. The van der Waals surface area contributed by atoms with Crippen LogP contribution in [0.4, 0.5) is 0 Å². The number of hydrogen-bond donors (Lipinski definition) is 0. The molecule has 0 unspecified atom stereocenters. The molecule has 7 nitrogen and oxygen atoms in total. The van der Waals surface area contributed by atoms with Crippen LogP contribution in [0.25, 0.3) is 5.69 Å². The van der Waals surface area contributed by atoms with Gasteiger partial charge in [-0.2, -0.15) is 0 Å². The van der Waals surface area contributed by atoms with Crippen molar-refractivity contribution in [3.8, 4) is 11.4 Å². The molecule has 0 spiro atoms. The molecule has 0 bridgehead atoms. The second-order valence-corrected chi connectivity index (χ2v) is 7.74. The molecule has 0 radical (unpaired) electrons. The topological polar surface area (TPSA) is 83.1 Å². The van der Waals surface area contributed by atoms with Crippen LogP contribution in [0.5, 0.6) is 5.75 Å². The van der Waals surface area contributed by atoms with E-state index < -0.39 is 5.25 Å². The summed E-state index contributed by atoms with van der Waals surface area (Å²) in [6.45, 7) is 1.63. The second kappa shape index (κ2) is 8.53. The summed E-state index contributed by atoms with van der Waals surface area (Å²) in [7, 11) is 1.58. The number of para-hydroxylation sites is 1. The van der Waals surface area contributed by atoms with Crippen LogP contribution in [-0.4, -0.2) is 33.3 Å². The minimum Gasteiger partial charge on any atom is -0.496 e. The molecule has 9 heteroatoms. The summed E-state index contributed by atoms with van der Waals surface area (Å²) in [5.41, 5.74) is 1.72. The highest BCUT2D eigenvalue weighted by Crippen LogP contribution is 2.38. The van der Waals surface area contributed by atoms with Crippen molar-refractivity contribution in [1.82, 2.24) is 14.8 Å². The summed E-state index contributed by atoms with van der Waals surface area (Å²) in [4.78, 5) is 10.9. The molecule has 0 aliphatic carbocycles. The Morgan fingerprint density at radius 3 is 2.63 bits per heavy atom. The van der Waals surface area contributed by atoms with Gasteiger partial charge in [-0.25, -0.2) is 0 Å². The quantitative estimate of drug-likeness (QED) is 0.301. The lowest BCUT2D eigenvalue weighted by Gasteiger charge is -2.15.